The Hall–Kier alpha value is -3.86. The summed E-state index contributed by atoms with van der Waals surface area (Å²) < 4.78 is 2.19. The highest BCUT2D eigenvalue weighted by Gasteiger charge is 2.10. The Balaban J connectivity index is 1.41. The predicted octanol–water partition coefficient (Wildman–Crippen LogP) is 5.12. The van der Waals surface area contributed by atoms with E-state index in [1.807, 2.05) is 30.3 Å². The number of anilines is 1. The average molecular weight is 411 g/mol. The molecule has 3 aromatic carbocycles. The van der Waals surface area contributed by atoms with Crippen molar-refractivity contribution in [3.8, 4) is 5.69 Å². The Kier molecular flexibility index (Phi) is 5.85. The molecule has 0 atom stereocenters. The van der Waals surface area contributed by atoms with Crippen molar-refractivity contribution in [2.75, 3.05) is 11.9 Å². The Morgan fingerprint density at radius 1 is 0.968 bits per heavy atom. The highest BCUT2D eigenvalue weighted by molar-refractivity contribution is 5.95. The van der Waals surface area contributed by atoms with Crippen LogP contribution in [0.1, 0.15) is 22.5 Å². The number of amides is 1. The number of aryl methyl sites for hydroxylation is 2. The summed E-state index contributed by atoms with van der Waals surface area (Å²) in [6.45, 7) is 6.36. The molecule has 1 heterocycles. The number of hydrogen-bond acceptors (Lipinski definition) is 3. The lowest BCUT2D eigenvalue weighted by atomic mass is 10.1. The molecule has 0 fully saturated rings. The van der Waals surface area contributed by atoms with E-state index in [1.54, 1.807) is 6.21 Å². The minimum atomic E-state index is -0.198. The number of carbonyl (C=O) groups excluding carboxylic acids is 1. The summed E-state index contributed by atoms with van der Waals surface area (Å²) in [6.07, 6.45) is 1.70. The molecular weight excluding hydrogens is 384 g/mol. The van der Waals surface area contributed by atoms with Crippen molar-refractivity contribution < 1.29 is 4.79 Å². The molecule has 2 N–H and O–H groups in total. The topological polar surface area (TPSA) is 58.4 Å². The molecule has 0 aliphatic heterocycles. The fourth-order valence-corrected chi connectivity index (χ4v) is 3.85. The van der Waals surface area contributed by atoms with E-state index >= 15 is 0 Å². The molecule has 0 saturated carbocycles. The lowest BCUT2D eigenvalue weighted by molar-refractivity contribution is -0.119. The molecule has 0 bridgehead atoms. The summed E-state index contributed by atoms with van der Waals surface area (Å²) in [6, 6.07) is 24.5. The second-order valence-corrected chi connectivity index (χ2v) is 7.67. The molecule has 156 valence electrons. The van der Waals surface area contributed by atoms with Gasteiger partial charge in [0.05, 0.1) is 12.8 Å². The molecule has 0 aliphatic carbocycles. The van der Waals surface area contributed by atoms with Crippen molar-refractivity contribution in [3.63, 3.8) is 0 Å². The van der Waals surface area contributed by atoms with Crippen molar-refractivity contribution in [1.29, 1.82) is 0 Å². The van der Waals surface area contributed by atoms with Crippen LogP contribution in [0, 0.1) is 20.8 Å². The summed E-state index contributed by atoms with van der Waals surface area (Å²) in [5.41, 5.74) is 9.05. The zero-order valence-corrected chi connectivity index (χ0v) is 18.0. The van der Waals surface area contributed by atoms with E-state index in [4.69, 9.17) is 0 Å². The number of carbonyl (C=O) groups is 1. The molecule has 0 spiro atoms. The highest BCUT2D eigenvalue weighted by atomic mass is 16.2. The van der Waals surface area contributed by atoms with Crippen molar-refractivity contribution in [3.05, 3.63) is 95.3 Å². The van der Waals surface area contributed by atoms with Crippen LogP contribution in [0.3, 0.4) is 0 Å². The highest BCUT2D eigenvalue weighted by Crippen LogP contribution is 2.23. The average Bonchev–Trinajstić information content (AvgIpc) is 3.05. The molecule has 31 heavy (non-hydrogen) atoms. The summed E-state index contributed by atoms with van der Waals surface area (Å²) in [7, 11) is 0. The number of hydrogen-bond donors (Lipinski definition) is 2. The van der Waals surface area contributed by atoms with Gasteiger partial charge in [0.2, 0.25) is 0 Å². The molecule has 1 amide bonds. The van der Waals surface area contributed by atoms with Gasteiger partial charge in [-0.2, -0.15) is 5.10 Å². The van der Waals surface area contributed by atoms with E-state index < -0.39 is 0 Å². The first-order valence-electron chi connectivity index (χ1n) is 10.3. The third kappa shape index (κ3) is 4.51. The third-order valence-electron chi connectivity index (χ3n) is 5.35. The molecule has 5 nitrogen and oxygen atoms in total. The number of benzene rings is 3. The minimum Gasteiger partial charge on any atom is -0.376 e. The van der Waals surface area contributed by atoms with Crippen LogP contribution in [-0.4, -0.2) is 23.2 Å². The van der Waals surface area contributed by atoms with Crippen molar-refractivity contribution >= 4 is 28.6 Å². The third-order valence-corrected chi connectivity index (χ3v) is 5.35. The first-order valence-corrected chi connectivity index (χ1v) is 10.3. The van der Waals surface area contributed by atoms with Gasteiger partial charge in [-0.1, -0.05) is 48.5 Å². The van der Waals surface area contributed by atoms with Gasteiger partial charge in [-0.15, -0.1) is 0 Å². The van der Waals surface area contributed by atoms with Gasteiger partial charge in [0, 0.05) is 33.7 Å². The van der Waals surface area contributed by atoms with Gasteiger partial charge in [0.15, 0.2) is 0 Å². The summed E-state index contributed by atoms with van der Waals surface area (Å²) in [5, 5.41) is 9.58. The van der Waals surface area contributed by atoms with Crippen molar-refractivity contribution in [2.45, 2.75) is 20.8 Å². The van der Waals surface area contributed by atoms with Gasteiger partial charge >= 0.3 is 0 Å². The van der Waals surface area contributed by atoms with Crippen molar-refractivity contribution in [2.24, 2.45) is 5.10 Å². The lowest BCUT2D eigenvalue weighted by Crippen LogP contribution is -2.25. The Morgan fingerprint density at radius 3 is 2.58 bits per heavy atom. The zero-order chi connectivity index (χ0) is 21.8. The first kappa shape index (κ1) is 20.4. The van der Waals surface area contributed by atoms with Gasteiger partial charge in [-0.3, -0.25) is 4.79 Å². The Morgan fingerprint density at radius 2 is 1.74 bits per heavy atom. The number of rotatable bonds is 6. The van der Waals surface area contributed by atoms with Crippen LogP contribution in [0.4, 0.5) is 5.69 Å². The number of hydrazone groups is 1. The van der Waals surface area contributed by atoms with Gasteiger partial charge in [0.1, 0.15) is 0 Å². The van der Waals surface area contributed by atoms with Crippen molar-refractivity contribution in [1.82, 2.24) is 9.99 Å². The fourth-order valence-electron chi connectivity index (χ4n) is 3.85. The van der Waals surface area contributed by atoms with E-state index in [0.29, 0.717) is 0 Å². The van der Waals surface area contributed by atoms with Crippen LogP contribution in [0.25, 0.3) is 16.5 Å². The normalized spacial score (nSPS) is 11.2. The Bertz CT molecular complexity index is 1260. The zero-order valence-electron chi connectivity index (χ0n) is 18.0. The van der Waals surface area contributed by atoms with Gasteiger partial charge < -0.3 is 9.88 Å². The van der Waals surface area contributed by atoms with Gasteiger partial charge in [-0.05, 0) is 56.0 Å². The molecule has 1 aromatic heterocycles. The SMILES string of the molecule is Cc1cccc(-n2c(C)cc(/C=N\NC(=O)CNc3cccc4ccccc34)c2C)c1. The van der Waals surface area contributed by atoms with Crippen LogP contribution in [0.15, 0.2) is 77.9 Å². The van der Waals surface area contributed by atoms with E-state index in [1.165, 1.54) is 5.56 Å². The summed E-state index contributed by atoms with van der Waals surface area (Å²) >= 11 is 0. The second-order valence-electron chi connectivity index (χ2n) is 7.67. The number of nitrogens with one attached hydrogen (secondary N) is 2. The van der Waals surface area contributed by atoms with Crippen LogP contribution < -0.4 is 10.7 Å². The van der Waals surface area contributed by atoms with Gasteiger partial charge in [0.25, 0.3) is 5.91 Å². The second kappa shape index (κ2) is 8.88. The maximum Gasteiger partial charge on any atom is 0.259 e. The molecule has 0 saturated heterocycles. The first-order chi connectivity index (χ1) is 15.0. The van der Waals surface area contributed by atoms with E-state index in [-0.39, 0.29) is 12.5 Å². The molecule has 0 unspecified atom stereocenters. The number of aromatic nitrogens is 1. The summed E-state index contributed by atoms with van der Waals surface area (Å²) in [4.78, 5) is 12.3. The molecular formula is C26H26N4O. The smallest absolute Gasteiger partial charge is 0.259 e. The van der Waals surface area contributed by atoms with Crippen LogP contribution in [-0.2, 0) is 4.79 Å². The standard InChI is InChI=1S/C26H26N4O/c1-18-8-6-11-23(14-18)30-19(2)15-22(20(30)3)16-28-29-26(31)17-27-25-13-7-10-21-9-4-5-12-24(21)25/h4-16,27H,17H2,1-3H3,(H,29,31)/b28-16-. The van der Waals surface area contributed by atoms with Gasteiger partial charge in [-0.25, -0.2) is 5.43 Å². The van der Waals surface area contributed by atoms with E-state index in [9.17, 15) is 4.79 Å². The van der Waals surface area contributed by atoms with Crippen LogP contribution in [0.2, 0.25) is 0 Å². The minimum absolute atomic E-state index is 0.146. The summed E-state index contributed by atoms with van der Waals surface area (Å²) in [5.74, 6) is -0.198. The molecule has 4 rings (SSSR count). The maximum atomic E-state index is 12.3. The molecule has 0 radical (unpaired) electrons. The Labute approximate surface area is 182 Å². The lowest BCUT2D eigenvalue weighted by Gasteiger charge is -2.10. The number of fused-ring (bicyclic) bond motifs is 1. The quantitative estimate of drug-likeness (QED) is 0.342. The van der Waals surface area contributed by atoms with Crippen LogP contribution >= 0.6 is 0 Å². The van der Waals surface area contributed by atoms with Crippen LogP contribution in [0.5, 0.6) is 0 Å². The van der Waals surface area contributed by atoms with E-state index in [0.717, 1.165) is 39.1 Å². The monoisotopic (exact) mass is 410 g/mol. The predicted molar refractivity (Wildman–Crippen MR) is 128 cm³/mol. The molecule has 0 aliphatic rings. The van der Waals surface area contributed by atoms with E-state index in [2.05, 4.69) is 83.6 Å². The largest absolute Gasteiger partial charge is 0.376 e. The fraction of sp³-hybridized carbons (Fsp3) is 0.154. The molecule has 4 aromatic rings. The number of nitrogens with zero attached hydrogens (tertiary/aromatic N) is 2. The molecule has 5 heteroatoms. The maximum absolute atomic E-state index is 12.3.